The monoisotopic (exact) mass is 374 g/mol. The number of nitrogens with one attached hydrogen (secondary N) is 3. The zero-order valence-electron chi connectivity index (χ0n) is 15.8. The van der Waals surface area contributed by atoms with Crippen LogP contribution in [-0.4, -0.2) is 16.8 Å². The summed E-state index contributed by atoms with van der Waals surface area (Å²) in [7, 11) is 0. The number of hydrogen-bond donors (Lipinski definition) is 3. The lowest BCUT2D eigenvalue weighted by molar-refractivity contribution is -0.114. The van der Waals surface area contributed by atoms with Gasteiger partial charge in [-0.2, -0.15) is 0 Å². The number of anilines is 4. The molecule has 1 heterocycles. The number of hydrogen-bond acceptors (Lipinski definition) is 4. The molecule has 0 radical (unpaired) electrons. The Morgan fingerprint density at radius 1 is 0.857 bits per heavy atom. The number of rotatable bonds is 6. The quantitative estimate of drug-likeness (QED) is 0.589. The second kappa shape index (κ2) is 8.81. The third-order valence-electron chi connectivity index (χ3n) is 4.08. The maximum atomic E-state index is 12.5. The van der Waals surface area contributed by atoms with Gasteiger partial charge in [-0.3, -0.25) is 14.6 Å². The molecule has 2 amide bonds. The van der Waals surface area contributed by atoms with Crippen molar-refractivity contribution >= 4 is 34.6 Å². The molecule has 0 bridgehead atoms. The lowest BCUT2D eigenvalue weighted by Crippen LogP contribution is -2.14. The zero-order valence-corrected chi connectivity index (χ0v) is 15.8. The predicted molar refractivity (Wildman–Crippen MR) is 112 cm³/mol. The molecule has 0 fully saturated rings. The first-order valence-corrected chi connectivity index (χ1v) is 9.04. The van der Waals surface area contributed by atoms with Crippen molar-refractivity contribution in [2.45, 2.75) is 20.3 Å². The lowest BCUT2D eigenvalue weighted by atomic mass is 10.1. The topological polar surface area (TPSA) is 83.1 Å². The number of amides is 2. The van der Waals surface area contributed by atoms with Gasteiger partial charge in [0.25, 0.3) is 5.91 Å². The van der Waals surface area contributed by atoms with Crippen molar-refractivity contribution in [1.29, 1.82) is 0 Å². The average Bonchev–Trinajstić information content (AvgIpc) is 2.68. The highest BCUT2D eigenvalue weighted by Crippen LogP contribution is 2.19. The van der Waals surface area contributed by atoms with Crippen molar-refractivity contribution in [3.63, 3.8) is 0 Å². The van der Waals surface area contributed by atoms with E-state index in [0.29, 0.717) is 17.1 Å². The highest BCUT2D eigenvalue weighted by molar-refractivity contribution is 6.03. The maximum Gasteiger partial charge on any atom is 0.274 e. The summed E-state index contributed by atoms with van der Waals surface area (Å²) >= 11 is 0. The van der Waals surface area contributed by atoms with Crippen LogP contribution in [0.5, 0.6) is 0 Å². The van der Waals surface area contributed by atoms with Gasteiger partial charge in [0, 0.05) is 35.9 Å². The van der Waals surface area contributed by atoms with Crippen LogP contribution in [0.25, 0.3) is 0 Å². The van der Waals surface area contributed by atoms with Crippen LogP contribution in [0.1, 0.15) is 29.9 Å². The van der Waals surface area contributed by atoms with E-state index < -0.39 is 0 Å². The van der Waals surface area contributed by atoms with E-state index in [4.69, 9.17) is 0 Å². The first kappa shape index (κ1) is 19.1. The van der Waals surface area contributed by atoms with Crippen molar-refractivity contribution in [2.24, 2.45) is 0 Å². The average molecular weight is 374 g/mol. The number of carbonyl (C=O) groups is 2. The van der Waals surface area contributed by atoms with Gasteiger partial charge in [0.15, 0.2) is 0 Å². The molecule has 3 rings (SSSR count). The summed E-state index contributed by atoms with van der Waals surface area (Å²) in [6.45, 7) is 3.55. The minimum atomic E-state index is -0.329. The van der Waals surface area contributed by atoms with Gasteiger partial charge in [-0.1, -0.05) is 25.1 Å². The third kappa shape index (κ3) is 5.17. The molecule has 0 saturated heterocycles. The summed E-state index contributed by atoms with van der Waals surface area (Å²) in [5, 5.41) is 8.76. The first-order valence-electron chi connectivity index (χ1n) is 9.04. The van der Waals surface area contributed by atoms with E-state index in [0.717, 1.165) is 17.8 Å². The molecule has 0 aliphatic carbocycles. The number of benzene rings is 2. The van der Waals surface area contributed by atoms with Gasteiger partial charge in [0.2, 0.25) is 5.91 Å². The van der Waals surface area contributed by atoms with Crippen molar-refractivity contribution in [1.82, 2.24) is 4.98 Å². The lowest BCUT2D eigenvalue weighted by Gasteiger charge is -2.10. The Morgan fingerprint density at radius 2 is 1.57 bits per heavy atom. The van der Waals surface area contributed by atoms with Crippen LogP contribution < -0.4 is 16.0 Å². The minimum absolute atomic E-state index is 0.170. The van der Waals surface area contributed by atoms with E-state index in [9.17, 15) is 9.59 Å². The fraction of sp³-hybridized carbons (Fsp3) is 0.136. The van der Waals surface area contributed by atoms with Gasteiger partial charge in [0.05, 0.1) is 0 Å². The van der Waals surface area contributed by atoms with Crippen molar-refractivity contribution in [2.75, 3.05) is 16.0 Å². The Balaban J connectivity index is 1.70. The Labute approximate surface area is 164 Å². The molecule has 142 valence electrons. The molecule has 1 aromatic heterocycles. The SMILES string of the molecule is CCc1ccc(Nc2ccnc(C(=O)Nc3cccc(NC(C)=O)c3)c2)cc1. The number of carbonyl (C=O) groups excluding carboxylic acids is 2. The van der Waals surface area contributed by atoms with Gasteiger partial charge in [-0.05, 0) is 54.4 Å². The summed E-state index contributed by atoms with van der Waals surface area (Å²) in [6, 6.07) is 18.6. The minimum Gasteiger partial charge on any atom is -0.355 e. The molecule has 3 aromatic rings. The summed E-state index contributed by atoms with van der Waals surface area (Å²) in [6.07, 6.45) is 2.58. The Morgan fingerprint density at radius 3 is 2.25 bits per heavy atom. The molecular formula is C22H22N4O2. The van der Waals surface area contributed by atoms with Crippen LogP contribution in [-0.2, 0) is 11.2 Å². The van der Waals surface area contributed by atoms with Gasteiger partial charge >= 0.3 is 0 Å². The molecule has 0 spiro atoms. The summed E-state index contributed by atoms with van der Waals surface area (Å²) in [4.78, 5) is 27.9. The molecule has 0 atom stereocenters. The van der Waals surface area contributed by atoms with E-state index in [-0.39, 0.29) is 11.8 Å². The second-order valence-corrected chi connectivity index (χ2v) is 6.32. The summed E-state index contributed by atoms with van der Waals surface area (Å²) in [5.74, 6) is -0.499. The molecule has 6 nitrogen and oxygen atoms in total. The van der Waals surface area contributed by atoms with Crippen LogP contribution in [0.4, 0.5) is 22.7 Å². The van der Waals surface area contributed by atoms with E-state index >= 15 is 0 Å². The number of nitrogens with zero attached hydrogens (tertiary/aromatic N) is 1. The van der Waals surface area contributed by atoms with E-state index in [1.165, 1.54) is 12.5 Å². The largest absolute Gasteiger partial charge is 0.355 e. The Kier molecular flexibility index (Phi) is 6.01. The van der Waals surface area contributed by atoms with Crippen LogP contribution in [0.15, 0.2) is 66.9 Å². The molecule has 0 aliphatic rings. The molecule has 0 unspecified atom stereocenters. The highest BCUT2D eigenvalue weighted by atomic mass is 16.2. The van der Waals surface area contributed by atoms with Gasteiger partial charge in [-0.15, -0.1) is 0 Å². The maximum absolute atomic E-state index is 12.5. The Hall–Kier alpha value is -3.67. The highest BCUT2D eigenvalue weighted by Gasteiger charge is 2.09. The van der Waals surface area contributed by atoms with Crippen molar-refractivity contribution in [3.8, 4) is 0 Å². The molecule has 2 aromatic carbocycles. The van der Waals surface area contributed by atoms with E-state index in [1.54, 1.807) is 36.5 Å². The van der Waals surface area contributed by atoms with E-state index in [2.05, 4.69) is 40.0 Å². The molecule has 6 heteroatoms. The fourth-order valence-electron chi connectivity index (χ4n) is 2.70. The summed E-state index contributed by atoms with van der Waals surface area (Å²) < 4.78 is 0. The molecular weight excluding hydrogens is 352 g/mol. The number of aromatic nitrogens is 1. The van der Waals surface area contributed by atoms with Gasteiger partial charge < -0.3 is 16.0 Å². The molecule has 0 aliphatic heterocycles. The van der Waals surface area contributed by atoms with Crippen molar-refractivity contribution in [3.05, 3.63) is 78.1 Å². The fourth-order valence-corrected chi connectivity index (χ4v) is 2.70. The molecule has 0 saturated carbocycles. The third-order valence-corrected chi connectivity index (χ3v) is 4.08. The van der Waals surface area contributed by atoms with Gasteiger partial charge in [0.1, 0.15) is 5.69 Å². The van der Waals surface area contributed by atoms with Crippen LogP contribution in [0.2, 0.25) is 0 Å². The zero-order chi connectivity index (χ0) is 19.9. The van der Waals surface area contributed by atoms with Crippen LogP contribution >= 0.6 is 0 Å². The molecule has 3 N–H and O–H groups in total. The van der Waals surface area contributed by atoms with E-state index in [1.807, 2.05) is 18.2 Å². The predicted octanol–water partition coefficient (Wildman–Crippen LogP) is 4.60. The Bertz CT molecular complexity index is 984. The number of aryl methyl sites for hydroxylation is 1. The normalized spacial score (nSPS) is 10.2. The second-order valence-electron chi connectivity index (χ2n) is 6.32. The standard InChI is InChI=1S/C22H22N4O2/c1-3-16-7-9-17(10-8-16)25-20-11-12-23-21(14-20)22(28)26-19-6-4-5-18(13-19)24-15(2)27/h4-14H,3H2,1-2H3,(H,23,25)(H,24,27)(H,26,28). The molecule has 28 heavy (non-hydrogen) atoms. The van der Waals surface area contributed by atoms with Crippen LogP contribution in [0, 0.1) is 0 Å². The summed E-state index contributed by atoms with van der Waals surface area (Å²) in [5.41, 5.74) is 4.46. The van der Waals surface area contributed by atoms with Crippen LogP contribution in [0.3, 0.4) is 0 Å². The van der Waals surface area contributed by atoms with Crippen molar-refractivity contribution < 1.29 is 9.59 Å². The van der Waals surface area contributed by atoms with Gasteiger partial charge in [-0.25, -0.2) is 0 Å². The smallest absolute Gasteiger partial charge is 0.274 e. The number of pyridine rings is 1. The first-order chi connectivity index (χ1) is 13.5.